The van der Waals surface area contributed by atoms with Gasteiger partial charge in [-0.15, -0.1) is 0 Å². The maximum atomic E-state index is 13.8. The van der Waals surface area contributed by atoms with Gasteiger partial charge in [0.05, 0.1) is 5.92 Å². The lowest BCUT2D eigenvalue weighted by Crippen LogP contribution is -2.47. The third-order valence-electron chi connectivity index (χ3n) is 6.37. The quantitative estimate of drug-likeness (QED) is 0.208. The highest BCUT2D eigenvalue weighted by Gasteiger charge is 2.28. The molecule has 3 N–H and O–H groups in total. The number of aromatic amines is 1. The van der Waals surface area contributed by atoms with Crippen LogP contribution in [-0.2, 0) is 16.0 Å². The smallest absolute Gasteiger partial charge is 0.247 e. The number of benzene rings is 4. The Morgan fingerprint density at radius 3 is 1.97 bits per heavy atom. The largest absolute Gasteiger partial charge is 0.361 e. The van der Waals surface area contributed by atoms with Crippen LogP contribution in [0.1, 0.15) is 22.6 Å². The number of fused-ring (bicyclic) bond motifs is 1. The van der Waals surface area contributed by atoms with Crippen molar-refractivity contribution in [3.63, 3.8) is 0 Å². The van der Waals surface area contributed by atoms with Crippen LogP contribution in [0.25, 0.3) is 10.9 Å². The number of hydrogen-bond acceptors (Lipinski definition) is 2. The lowest BCUT2D eigenvalue weighted by molar-refractivity contribution is -0.126. The van der Waals surface area contributed by atoms with Gasteiger partial charge in [-0.2, -0.15) is 0 Å². The first-order valence-electron chi connectivity index (χ1n) is 12.1. The van der Waals surface area contributed by atoms with E-state index in [1.807, 2.05) is 115 Å². The molecule has 1 heterocycles. The number of anilines is 1. The molecule has 0 unspecified atom stereocenters. The van der Waals surface area contributed by atoms with Crippen LogP contribution in [0.5, 0.6) is 0 Å². The predicted molar refractivity (Wildman–Crippen MR) is 151 cm³/mol. The van der Waals surface area contributed by atoms with Crippen molar-refractivity contribution in [1.82, 2.24) is 10.3 Å². The van der Waals surface area contributed by atoms with Gasteiger partial charge in [-0.3, -0.25) is 9.59 Å². The minimum Gasteiger partial charge on any atom is -0.361 e. The van der Waals surface area contributed by atoms with Gasteiger partial charge in [0.15, 0.2) is 0 Å². The molecule has 5 aromatic rings. The van der Waals surface area contributed by atoms with Crippen molar-refractivity contribution >= 4 is 44.3 Å². The Labute approximate surface area is 224 Å². The minimum atomic E-state index is -0.787. The molecule has 6 heteroatoms. The average Bonchev–Trinajstić information content (AvgIpc) is 3.34. The molecule has 0 saturated heterocycles. The van der Waals surface area contributed by atoms with Crippen LogP contribution in [0, 0.1) is 0 Å². The molecule has 0 bridgehead atoms. The molecule has 0 aliphatic carbocycles. The van der Waals surface area contributed by atoms with E-state index >= 15 is 0 Å². The zero-order valence-corrected chi connectivity index (χ0v) is 21.6. The summed E-state index contributed by atoms with van der Waals surface area (Å²) in [5.74, 6) is -1.05. The lowest BCUT2D eigenvalue weighted by Gasteiger charge is -2.23. The van der Waals surface area contributed by atoms with Crippen molar-refractivity contribution in [3.8, 4) is 0 Å². The SMILES string of the molecule is O=C(N[C@H](Cc1c[nH]c2ccccc12)C(=O)Nc1ccc(Br)cc1)C(c1ccccc1)c1ccccc1. The van der Waals surface area contributed by atoms with Gasteiger partial charge in [-0.05, 0) is 47.0 Å². The van der Waals surface area contributed by atoms with Crippen LogP contribution < -0.4 is 10.6 Å². The highest BCUT2D eigenvalue weighted by molar-refractivity contribution is 9.10. The lowest BCUT2D eigenvalue weighted by atomic mass is 9.90. The summed E-state index contributed by atoms with van der Waals surface area (Å²) in [6.45, 7) is 0. The molecule has 37 heavy (non-hydrogen) atoms. The van der Waals surface area contributed by atoms with Crippen molar-refractivity contribution in [2.45, 2.75) is 18.4 Å². The third kappa shape index (κ3) is 5.81. The minimum absolute atomic E-state index is 0.229. The molecule has 0 fully saturated rings. The molecule has 0 spiro atoms. The zero-order valence-electron chi connectivity index (χ0n) is 20.0. The molecule has 5 nitrogen and oxygen atoms in total. The summed E-state index contributed by atoms with van der Waals surface area (Å²) < 4.78 is 0.919. The maximum Gasteiger partial charge on any atom is 0.247 e. The Hall–Kier alpha value is -4.16. The number of halogens is 1. The molecular weight excluding hydrogens is 526 g/mol. The monoisotopic (exact) mass is 551 g/mol. The Balaban J connectivity index is 1.46. The Morgan fingerprint density at radius 2 is 1.32 bits per heavy atom. The van der Waals surface area contributed by atoms with E-state index in [0.29, 0.717) is 12.1 Å². The van der Waals surface area contributed by atoms with E-state index in [-0.39, 0.29) is 11.8 Å². The van der Waals surface area contributed by atoms with E-state index in [1.165, 1.54) is 0 Å². The number of nitrogens with one attached hydrogen (secondary N) is 3. The fourth-order valence-electron chi connectivity index (χ4n) is 4.53. The highest BCUT2D eigenvalue weighted by Crippen LogP contribution is 2.26. The molecular formula is C31H26BrN3O2. The van der Waals surface area contributed by atoms with Gasteiger partial charge < -0.3 is 15.6 Å². The predicted octanol–water partition coefficient (Wildman–Crippen LogP) is 6.43. The number of amides is 2. The van der Waals surface area contributed by atoms with Crippen LogP contribution in [-0.4, -0.2) is 22.8 Å². The molecule has 0 radical (unpaired) electrons. The number of para-hydroxylation sites is 1. The van der Waals surface area contributed by atoms with E-state index in [9.17, 15) is 9.59 Å². The first kappa shape index (κ1) is 24.5. The summed E-state index contributed by atoms with van der Waals surface area (Å²) in [7, 11) is 0. The second-order valence-corrected chi connectivity index (χ2v) is 9.79. The van der Waals surface area contributed by atoms with E-state index in [0.717, 1.165) is 32.1 Å². The molecule has 2 amide bonds. The number of hydrogen-bond donors (Lipinski definition) is 3. The molecule has 0 saturated carbocycles. The van der Waals surface area contributed by atoms with Crippen molar-refractivity contribution in [2.75, 3.05) is 5.32 Å². The molecule has 184 valence electrons. The van der Waals surface area contributed by atoms with Crippen molar-refractivity contribution in [2.24, 2.45) is 0 Å². The van der Waals surface area contributed by atoms with E-state index in [1.54, 1.807) is 0 Å². The Kier molecular flexibility index (Phi) is 7.47. The van der Waals surface area contributed by atoms with Crippen LogP contribution >= 0.6 is 15.9 Å². The van der Waals surface area contributed by atoms with Crippen molar-refractivity contribution in [1.29, 1.82) is 0 Å². The molecule has 1 atom stereocenters. The number of H-pyrrole nitrogens is 1. The molecule has 4 aromatic carbocycles. The first-order valence-corrected chi connectivity index (χ1v) is 12.9. The molecule has 1 aromatic heterocycles. The van der Waals surface area contributed by atoms with E-state index in [4.69, 9.17) is 0 Å². The van der Waals surface area contributed by atoms with Gasteiger partial charge in [0, 0.05) is 33.7 Å². The number of aromatic nitrogens is 1. The van der Waals surface area contributed by atoms with Gasteiger partial charge in [0.25, 0.3) is 0 Å². The number of rotatable bonds is 8. The summed E-state index contributed by atoms with van der Waals surface area (Å²) >= 11 is 3.42. The first-order chi connectivity index (χ1) is 18.1. The molecule has 0 aliphatic rings. The molecule has 0 aliphatic heterocycles. The van der Waals surface area contributed by atoms with Crippen LogP contribution in [0.4, 0.5) is 5.69 Å². The van der Waals surface area contributed by atoms with Crippen LogP contribution in [0.2, 0.25) is 0 Å². The third-order valence-corrected chi connectivity index (χ3v) is 6.90. The average molecular weight is 552 g/mol. The topological polar surface area (TPSA) is 74.0 Å². The summed E-state index contributed by atoms with van der Waals surface area (Å²) in [4.78, 5) is 30.7. The second kappa shape index (κ2) is 11.3. The van der Waals surface area contributed by atoms with Gasteiger partial charge in [-0.25, -0.2) is 0 Å². The van der Waals surface area contributed by atoms with Gasteiger partial charge in [-0.1, -0.05) is 94.8 Å². The Bertz CT molecular complexity index is 1460. The standard InChI is InChI=1S/C31H26BrN3O2/c32-24-15-17-25(18-16-24)34-30(36)28(19-23-20-33-27-14-8-7-13-26(23)27)35-31(37)29(21-9-3-1-4-10-21)22-11-5-2-6-12-22/h1-18,20,28-29,33H,19H2,(H,34,36)(H,35,37)/t28-/m1/s1. The fraction of sp³-hybridized carbons (Fsp3) is 0.0968. The van der Waals surface area contributed by atoms with E-state index < -0.39 is 12.0 Å². The fourth-order valence-corrected chi connectivity index (χ4v) is 4.80. The van der Waals surface area contributed by atoms with Gasteiger partial charge in [0.1, 0.15) is 6.04 Å². The second-order valence-electron chi connectivity index (χ2n) is 8.88. The van der Waals surface area contributed by atoms with Crippen LogP contribution in [0.15, 0.2) is 120 Å². The Morgan fingerprint density at radius 1 is 0.730 bits per heavy atom. The summed E-state index contributed by atoms with van der Waals surface area (Å²) in [6.07, 6.45) is 2.25. The maximum absolute atomic E-state index is 13.8. The van der Waals surface area contributed by atoms with Crippen molar-refractivity contribution < 1.29 is 9.59 Å². The molecule has 5 rings (SSSR count). The zero-order chi connectivity index (χ0) is 25.6. The summed E-state index contributed by atoms with van der Waals surface area (Å²) in [5, 5.41) is 7.07. The van der Waals surface area contributed by atoms with E-state index in [2.05, 4.69) is 31.5 Å². The van der Waals surface area contributed by atoms with Crippen LogP contribution in [0.3, 0.4) is 0 Å². The number of carbonyl (C=O) groups excluding carboxylic acids is 2. The summed E-state index contributed by atoms with van der Waals surface area (Å²) in [5.41, 5.74) is 4.34. The summed E-state index contributed by atoms with van der Waals surface area (Å²) in [6, 6.07) is 33.8. The highest BCUT2D eigenvalue weighted by atomic mass is 79.9. The van der Waals surface area contributed by atoms with Gasteiger partial charge >= 0.3 is 0 Å². The van der Waals surface area contributed by atoms with Crippen molar-refractivity contribution in [3.05, 3.63) is 137 Å². The van der Waals surface area contributed by atoms with Gasteiger partial charge in [0.2, 0.25) is 11.8 Å². The number of carbonyl (C=O) groups is 2. The normalized spacial score (nSPS) is 11.8.